The predicted octanol–water partition coefficient (Wildman–Crippen LogP) is 3.45. The number of benzene rings is 2. The van der Waals surface area contributed by atoms with Crippen molar-refractivity contribution in [3.63, 3.8) is 0 Å². The van der Waals surface area contributed by atoms with Crippen molar-refractivity contribution in [3.8, 4) is 5.75 Å². The van der Waals surface area contributed by atoms with Crippen LogP contribution in [0.15, 0.2) is 48.5 Å². The summed E-state index contributed by atoms with van der Waals surface area (Å²) < 4.78 is 31.6. The molecule has 8 nitrogen and oxygen atoms in total. The second kappa shape index (κ2) is 12.1. The van der Waals surface area contributed by atoms with Gasteiger partial charge in [0.05, 0.1) is 19.1 Å². The van der Waals surface area contributed by atoms with E-state index in [1.54, 1.807) is 13.0 Å². The number of hydrogen-bond acceptors (Lipinski definition) is 5. The zero-order valence-corrected chi connectivity index (χ0v) is 21.7. The molecule has 0 aliphatic rings. The molecule has 0 aromatic heterocycles. The van der Waals surface area contributed by atoms with Crippen molar-refractivity contribution in [3.05, 3.63) is 59.1 Å². The Labute approximate surface area is 206 Å². The fraction of sp³-hybridized carbons (Fsp3) is 0.417. The van der Waals surface area contributed by atoms with Crippen LogP contribution in [-0.4, -0.2) is 57.1 Å². The van der Waals surface area contributed by atoms with E-state index in [2.05, 4.69) is 5.32 Å². The summed E-state index contributed by atoms with van der Waals surface area (Å²) in [4.78, 5) is 27.8. The summed E-state index contributed by atoms with van der Waals surface area (Å²) in [6, 6.07) is 12.8. The fourth-order valence-electron chi connectivity index (χ4n) is 3.28. The lowest BCUT2D eigenvalue weighted by molar-refractivity contribution is -0.139. The van der Waals surface area contributed by atoms with Crippen molar-refractivity contribution >= 4 is 39.1 Å². The van der Waals surface area contributed by atoms with Crippen molar-refractivity contribution in [2.45, 2.75) is 45.8 Å². The number of carbonyl (C=O) groups is 2. The van der Waals surface area contributed by atoms with Crippen LogP contribution in [0.3, 0.4) is 0 Å². The van der Waals surface area contributed by atoms with Crippen LogP contribution in [0, 0.1) is 0 Å². The van der Waals surface area contributed by atoms with Crippen LogP contribution in [0.4, 0.5) is 5.69 Å². The van der Waals surface area contributed by atoms with Crippen LogP contribution < -0.4 is 14.4 Å². The SMILES string of the molecule is CC[C@H](C)NC(=O)[C@@H](C)N(Cc1ccccc1)C(=O)CN(c1cc(Cl)ccc1OC)S(C)(=O)=O. The molecule has 2 aromatic rings. The zero-order valence-electron chi connectivity index (χ0n) is 20.1. The largest absolute Gasteiger partial charge is 0.495 e. The smallest absolute Gasteiger partial charge is 0.244 e. The molecule has 0 unspecified atom stereocenters. The van der Waals surface area contributed by atoms with E-state index in [4.69, 9.17) is 16.3 Å². The number of hydrogen-bond donors (Lipinski definition) is 1. The maximum atomic E-state index is 13.5. The highest BCUT2D eigenvalue weighted by Crippen LogP contribution is 2.33. The second-order valence-electron chi connectivity index (χ2n) is 8.09. The number of sulfonamides is 1. The second-order valence-corrected chi connectivity index (χ2v) is 10.4. The summed E-state index contributed by atoms with van der Waals surface area (Å²) in [5, 5.41) is 3.18. The minimum atomic E-state index is -3.89. The normalized spacial score (nSPS) is 13.0. The van der Waals surface area contributed by atoms with Crippen molar-refractivity contribution < 1.29 is 22.7 Å². The maximum Gasteiger partial charge on any atom is 0.244 e. The van der Waals surface area contributed by atoms with E-state index in [9.17, 15) is 18.0 Å². The number of halogens is 1. The number of amides is 2. The third-order valence-corrected chi connectivity index (χ3v) is 6.81. The first-order chi connectivity index (χ1) is 16.0. The molecule has 0 heterocycles. The van der Waals surface area contributed by atoms with E-state index in [0.29, 0.717) is 5.02 Å². The minimum absolute atomic E-state index is 0.0631. The number of anilines is 1. The summed E-state index contributed by atoms with van der Waals surface area (Å²) in [7, 11) is -2.49. The highest BCUT2D eigenvalue weighted by molar-refractivity contribution is 7.92. The van der Waals surface area contributed by atoms with Gasteiger partial charge < -0.3 is 15.0 Å². The maximum absolute atomic E-state index is 13.5. The first-order valence-electron chi connectivity index (χ1n) is 10.9. The Hall–Kier alpha value is -2.78. The number of nitrogens with zero attached hydrogens (tertiary/aromatic N) is 2. The van der Waals surface area contributed by atoms with E-state index in [1.165, 1.54) is 24.1 Å². The van der Waals surface area contributed by atoms with Gasteiger partial charge in [-0.2, -0.15) is 0 Å². The van der Waals surface area contributed by atoms with E-state index < -0.39 is 28.5 Å². The number of rotatable bonds is 11. The third kappa shape index (κ3) is 7.36. The highest BCUT2D eigenvalue weighted by atomic mass is 35.5. The van der Waals surface area contributed by atoms with E-state index in [1.807, 2.05) is 44.2 Å². The van der Waals surface area contributed by atoms with Crippen molar-refractivity contribution in [1.29, 1.82) is 0 Å². The van der Waals surface area contributed by atoms with Crippen LogP contribution in [0.1, 0.15) is 32.8 Å². The van der Waals surface area contributed by atoms with Crippen molar-refractivity contribution in [2.75, 3.05) is 24.2 Å². The van der Waals surface area contributed by atoms with E-state index in [0.717, 1.165) is 22.5 Å². The first kappa shape index (κ1) is 27.5. The summed E-state index contributed by atoms with van der Waals surface area (Å²) >= 11 is 6.10. The number of ether oxygens (including phenoxy) is 1. The van der Waals surface area contributed by atoms with E-state index >= 15 is 0 Å². The Morgan fingerprint density at radius 3 is 2.32 bits per heavy atom. The lowest BCUT2D eigenvalue weighted by Gasteiger charge is -2.32. The molecule has 186 valence electrons. The quantitative estimate of drug-likeness (QED) is 0.500. The number of carbonyl (C=O) groups excluding carboxylic acids is 2. The van der Waals surface area contributed by atoms with Gasteiger partial charge in [-0.3, -0.25) is 13.9 Å². The molecule has 2 aromatic carbocycles. The summed E-state index contributed by atoms with van der Waals surface area (Å²) in [6.45, 7) is 5.07. The average molecular weight is 510 g/mol. The molecule has 0 spiro atoms. The van der Waals surface area contributed by atoms with Crippen LogP contribution in [-0.2, 0) is 26.2 Å². The molecule has 34 heavy (non-hydrogen) atoms. The van der Waals surface area contributed by atoms with Crippen LogP contribution in [0.2, 0.25) is 5.02 Å². The molecule has 0 bridgehead atoms. The Kier molecular flexibility index (Phi) is 9.76. The van der Waals surface area contributed by atoms with Gasteiger partial charge >= 0.3 is 0 Å². The van der Waals surface area contributed by atoms with Gasteiger partial charge in [0.25, 0.3) is 0 Å². The Bertz CT molecular complexity index is 1100. The number of nitrogens with one attached hydrogen (secondary N) is 1. The molecule has 2 atom stereocenters. The van der Waals surface area contributed by atoms with Gasteiger partial charge in [-0.05, 0) is 44.0 Å². The molecule has 2 amide bonds. The number of methoxy groups -OCH3 is 1. The summed E-state index contributed by atoms with van der Waals surface area (Å²) in [5.74, 6) is -0.604. The first-order valence-corrected chi connectivity index (χ1v) is 13.2. The topological polar surface area (TPSA) is 96.0 Å². The van der Waals surface area contributed by atoms with Crippen LogP contribution >= 0.6 is 11.6 Å². The molecule has 1 N–H and O–H groups in total. The van der Waals surface area contributed by atoms with Gasteiger partial charge in [-0.25, -0.2) is 8.42 Å². The van der Waals surface area contributed by atoms with Gasteiger partial charge in [0.1, 0.15) is 18.3 Å². The van der Waals surface area contributed by atoms with Crippen molar-refractivity contribution in [1.82, 2.24) is 10.2 Å². The fourth-order valence-corrected chi connectivity index (χ4v) is 4.29. The Morgan fingerprint density at radius 2 is 1.76 bits per heavy atom. The summed E-state index contributed by atoms with van der Waals surface area (Å²) in [5.41, 5.74) is 0.951. The molecule has 0 saturated heterocycles. The molecule has 0 radical (unpaired) electrons. The van der Waals surface area contributed by atoms with E-state index in [-0.39, 0.29) is 29.9 Å². The van der Waals surface area contributed by atoms with Gasteiger partial charge in [0, 0.05) is 17.6 Å². The minimum Gasteiger partial charge on any atom is -0.495 e. The highest BCUT2D eigenvalue weighted by Gasteiger charge is 2.31. The van der Waals surface area contributed by atoms with Gasteiger partial charge in [0.15, 0.2) is 0 Å². The monoisotopic (exact) mass is 509 g/mol. The predicted molar refractivity (Wildman–Crippen MR) is 135 cm³/mol. The standard InChI is InChI=1S/C24H32ClN3O5S/c1-6-17(2)26-24(30)18(3)27(15-19-10-8-7-9-11-19)23(29)16-28(34(5,31)32)21-14-20(25)12-13-22(21)33-4/h7-14,17-18H,6,15-16H2,1-5H3,(H,26,30)/t17-,18+/m0/s1. The Balaban J connectivity index is 2.43. The van der Waals surface area contributed by atoms with Crippen molar-refractivity contribution in [2.24, 2.45) is 0 Å². The molecular formula is C24H32ClN3O5S. The molecule has 0 aliphatic heterocycles. The molecule has 0 saturated carbocycles. The van der Waals surface area contributed by atoms with Gasteiger partial charge in [-0.15, -0.1) is 0 Å². The molecule has 2 rings (SSSR count). The summed E-state index contributed by atoms with van der Waals surface area (Å²) in [6.07, 6.45) is 1.74. The van der Waals surface area contributed by atoms with Crippen LogP contribution in [0.25, 0.3) is 0 Å². The lowest BCUT2D eigenvalue weighted by atomic mass is 10.1. The Morgan fingerprint density at radius 1 is 1.12 bits per heavy atom. The zero-order chi connectivity index (χ0) is 25.5. The molecular weight excluding hydrogens is 478 g/mol. The lowest BCUT2D eigenvalue weighted by Crippen LogP contribution is -2.52. The van der Waals surface area contributed by atoms with Gasteiger partial charge in [-0.1, -0.05) is 48.9 Å². The molecule has 0 fully saturated rings. The molecule has 0 aliphatic carbocycles. The molecule has 10 heteroatoms. The third-order valence-electron chi connectivity index (χ3n) is 5.45. The average Bonchev–Trinajstić information content (AvgIpc) is 2.80. The van der Waals surface area contributed by atoms with Gasteiger partial charge in [0.2, 0.25) is 21.8 Å². The van der Waals surface area contributed by atoms with Crippen LogP contribution in [0.5, 0.6) is 5.75 Å².